The van der Waals surface area contributed by atoms with Crippen LogP contribution in [0.1, 0.15) is 28.6 Å². The van der Waals surface area contributed by atoms with Crippen molar-refractivity contribution in [2.45, 2.75) is 19.6 Å². The van der Waals surface area contributed by atoms with Crippen molar-refractivity contribution in [3.63, 3.8) is 0 Å². The Kier molecular flexibility index (Phi) is 6.73. The van der Waals surface area contributed by atoms with E-state index < -0.39 is 6.10 Å². The molecule has 3 aromatic heterocycles. The van der Waals surface area contributed by atoms with Gasteiger partial charge in [0.1, 0.15) is 21.5 Å². The van der Waals surface area contributed by atoms with Crippen molar-refractivity contribution in [2.75, 3.05) is 11.9 Å². The van der Waals surface area contributed by atoms with Crippen LogP contribution in [0.2, 0.25) is 0 Å². The number of hydrogen-bond acceptors (Lipinski definition) is 8. The number of fused-ring (bicyclic) bond motifs is 1. The van der Waals surface area contributed by atoms with Crippen LogP contribution < -0.4 is 10.9 Å². The molecule has 1 atom stereocenters. The van der Waals surface area contributed by atoms with Gasteiger partial charge in [-0.2, -0.15) is 0 Å². The highest BCUT2D eigenvalue weighted by molar-refractivity contribution is 8.26. The lowest BCUT2D eigenvalue weighted by molar-refractivity contribution is -0.122. The molecule has 2 N–H and O–H groups in total. The van der Waals surface area contributed by atoms with Crippen LogP contribution in [0, 0.1) is 6.92 Å². The molecule has 4 heterocycles. The largest absolute Gasteiger partial charge is 0.467 e. The second-order valence-electron chi connectivity index (χ2n) is 8.22. The summed E-state index contributed by atoms with van der Waals surface area (Å²) in [7, 11) is 0. The van der Waals surface area contributed by atoms with Crippen LogP contribution in [0.5, 0.6) is 0 Å². The highest BCUT2D eigenvalue weighted by Gasteiger charge is 2.33. The van der Waals surface area contributed by atoms with Gasteiger partial charge < -0.3 is 14.8 Å². The van der Waals surface area contributed by atoms with Gasteiger partial charge >= 0.3 is 0 Å². The average Bonchev–Trinajstić information content (AvgIpc) is 3.49. The normalized spacial score (nSPS) is 15.7. The number of amides is 1. The van der Waals surface area contributed by atoms with Crippen molar-refractivity contribution in [1.29, 1.82) is 0 Å². The quantitative estimate of drug-likeness (QED) is 0.278. The van der Waals surface area contributed by atoms with Gasteiger partial charge in [0, 0.05) is 12.7 Å². The highest BCUT2D eigenvalue weighted by atomic mass is 32.2. The third-order valence-electron chi connectivity index (χ3n) is 5.77. The summed E-state index contributed by atoms with van der Waals surface area (Å²) in [5.74, 6) is 0.568. The second-order valence-corrected chi connectivity index (χ2v) is 9.89. The Labute approximate surface area is 216 Å². The minimum atomic E-state index is -0.817. The molecule has 5 rings (SSSR count). The molecule has 1 aromatic carbocycles. The number of carbonyl (C=O) groups is 1. The van der Waals surface area contributed by atoms with Gasteiger partial charge in [-0.1, -0.05) is 60.4 Å². The summed E-state index contributed by atoms with van der Waals surface area (Å²) in [4.78, 5) is 33.1. The third-order valence-corrected chi connectivity index (χ3v) is 7.15. The number of aliphatic hydroxyl groups is 1. The van der Waals surface area contributed by atoms with E-state index in [9.17, 15) is 14.7 Å². The Hall–Kier alpha value is -3.73. The molecule has 8 nitrogen and oxygen atoms in total. The smallest absolute Gasteiger partial charge is 0.267 e. The van der Waals surface area contributed by atoms with Crippen molar-refractivity contribution in [2.24, 2.45) is 0 Å². The zero-order chi connectivity index (χ0) is 25.2. The van der Waals surface area contributed by atoms with Gasteiger partial charge in [0.15, 0.2) is 0 Å². The summed E-state index contributed by atoms with van der Waals surface area (Å²) in [5.41, 5.74) is 1.91. The van der Waals surface area contributed by atoms with Crippen LogP contribution in [0.15, 0.2) is 81.2 Å². The fraction of sp³-hybridized carbons (Fsp3) is 0.154. The zero-order valence-corrected chi connectivity index (χ0v) is 20.9. The van der Waals surface area contributed by atoms with E-state index in [2.05, 4.69) is 10.3 Å². The lowest BCUT2D eigenvalue weighted by Gasteiger charge is -2.15. The van der Waals surface area contributed by atoms with Crippen molar-refractivity contribution in [1.82, 2.24) is 14.3 Å². The van der Waals surface area contributed by atoms with Crippen LogP contribution in [-0.2, 0) is 11.3 Å². The Morgan fingerprint density at radius 1 is 1.17 bits per heavy atom. The van der Waals surface area contributed by atoms with Crippen molar-refractivity contribution >= 4 is 51.7 Å². The molecule has 0 bridgehead atoms. The summed E-state index contributed by atoms with van der Waals surface area (Å²) in [6.07, 6.45) is 3.87. The predicted molar refractivity (Wildman–Crippen MR) is 144 cm³/mol. The maximum atomic E-state index is 13.5. The standard InChI is InChI=1S/C26H22N4O4S2/c1-16-7-5-11-29-23(16)28-22(27-14-20(31)17-8-3-2-4-9-17)19(24(29)32)13-21-25(33)30(26(35)36-21)15-18-10-6-12-34-18/h2-13,20,27,31H,14-15H2,1H3/b21-13-/t20-/m1/s1. The number of hydrogen-bond donors (Lipinski definition) is 2. The number of benzene rings is 1. The number of nitrogens with zero attached hydrogens (tertiary/aromatic N) is 3. The summed E-state index contributed by atoms with van der Waals surface area (Å²) < 4.78 is 7.18. The van der Waals surface area contributed by atoms with E-state index in [1.165, 1.54) is 21.6 Å². The van der Waals surface area contributed by atoms with Crippen molar-refractivity contribution < 1.29 is 14.3 Å². The molecule has 0 saturated carbocycles. The van der Waals surface area contributed by atoms with E-state index in [1.807, 2.05) is 43.3 Å². The molecule has 4 aromatic rings. The molecule has 0 spiro atoms. The number of rotatable bonds is 7. The molecule has 1 fully saturated rings. The van der Waals surface area contributed by atoms with Gasteiger partial charge in [-0.3, -0.25) is 18.9 Å². The molecule has 0 radical (unpaired) electrons. The van der Waals surface area contributed by atoms with Gasteiger partial charge in [-0.05, 0) is 42.3 Å². The monoisotopic (exact) mass is 518 g/mol. The van der Waals surface area contributed by atoms with Gasteiger partial charge in [-0.25, -0.2) is 4.98 Å². The number of aryl methyl sites for hydroxylation is 1. The van der Waals surface area contributed by atoms with E-state index in [1.54, 1.807) is 24.4 Å². The summed E-state index contributed by atoms with van der Waals surface area (Å²) in [5, 5.41) is 13.8. The number of thioether (sulfide) groups is 1. The molecule has 1 aliphatic rings. The van der Waals surface area contributed by atoms with Crippen LogP contribution >= 0.6 is 24.0 Å². The molecule has 10 heteroatoms. The van der Waals surface area contributed by atoms with E-state index in [0.29, 0.717) is 20.6 Å². The number of aliphatic hydroxyl groups excluding tert-OH is 1. The lowest BCUT2D eigenvalue weighted by atomic mass is 10.1. The molecular weight excluding hydrogens is 496 g/mol. The fourth-order valence-corrected chi connectivity index (χ4v) is 5.13. The minimum absolute atomic E-state index is 0.124. The van der Waals surface area contributed by atoms with Gasteiger partial charge in [-0.15, -0.1) is 0 Å². The number of carbonyl (C=O) groups excluding carboxylic acids is 1. The summed E-state index contributed by atoms with van der Waals surface area (Å²) >= 11 is 6.54. The third kappa shape index (κ3) is 4.70. The Balaban J connectivity index is 1.52. The first-order valence-electron chi connectivity index (χ1n) is 11.2. The summed E-state index contributed by atoms with van der Waals surface area (Å²) in [6, 6.07) is 16.4. The Morgan fingerprint density at radius 2 is 1.97 bits per heavy atom. The number of pyridine rings is 1. The topological polar surface area (TPSA) is 100 Å². The lowest BCUT2D eigenvalue weighted by Crippen LogP contribution is -2.27. The van der Waals surface area contributed by atoms with E-state index >= 15 is 0 Å². The van der Waals surface area contributed by atoms with E-state index in [4.69, 9.17) is 16.6 Å². The van der Waals surface area contributed by atoms with Crippen LogP contribution in [0.3, 0.4) is 0 Å². The van der Waals surface area contributed by atoms with E-state index in [0.717, 1.165) is 22.9 Å². The van der Waals surface area contributed by atoms with Crippen LogP contribution in [0.25, 0.3) is 11.7 Å². The average molecular weight is 519 g/mol. The van der Waals surface area contributed by atoms with Crippen molar-refractivity contribution in [3.05, 3.63) is 105 Å². The van der Waals surface area contributed by atoms with E-state index in [-0.39, 0.29) is 35.9 Å². The van der Waals surface area contributed by atoms with Gasteiger partial charge in [0.25, 0.3) is 11.5 Å². The SMILES string of the molecule is Cc1cccn2c(=O)c(/C=C3\SC(=S)N(Cc4ccco4)C3=O)c(NC[C@@H](O)c3ccccc3)nc12. The fourth-order valence-electron chi connectivity index (χ4n) is 3.89. The first-order chi connectivity index (χ1) is 17.4. The molecule has 1 saturated heterocycles. The van der Waals surface area contributed by atoms with Crippen LogP contribution in [-0.4, -0.2) is 36.2 Å². The number of nitrogens with one attached hydrogen (secondary N) is 1. The van der Waals surface area contributed by atoms with Gasteiger partial charge in [0.05, 0.1) is 29.4 Å². The molecule has 1 aliphatic heterocycles. The summed E-state index contributed by atoms with van der Waals surface area (Å²) in [6.45, 7) is 2.19. The van der Waals surface area contributed by atoms with Gasteiger partial charge in [0.2, 0.25) is 0 Å². The molecule has 182 valence electrons. The first kappa shape index (κ1) is 24.0. The number of aromatic nitrogens is 2. The highest BCUT2D eigenvalue weighted by Crippen LogP contribution is 2.34. The van der Waals surface area contributed by atoms with Crippen LogP contribution in [0.4, 0.5) is 5.82 Å². The Morgan fingerprint density at radius 3 is 2.72 bits per heavy atom. The zero-order valence-electron chi connectivity index (χ0n) is 19.2. The molecule has 0 aliphatic carbocycles. The molecular formula is C26H22N4O4S2. The number of anilines is 1. The Bertz CT molecular complexity index is 1530. The minimum Gasteiger partial charge on any atom is -0.467 e. The molecule has 36 heavy (non-hydrogen) atoms. The maximum absolute atomic E-state index is 13.5. The maximum Gasteiger partial charge on any atom is 0.267 e. The van der Waals surface area contributed by atoms with Crippen molar-refractivity contribution in [3.8, 4) is 0 Å². The molecule has 1 amide bonds. The second kappa shape index (κ2) is 10.1. The number of thiocarbonyl (C=S) groups is 1. The predicted octanol–water partition coefficient (Wildman–Crippen LogP) is 4.14. The number of furan rings is 1. The molecule has 0 unspecified atom stereocenters. The first-order valence-corrected chi connectivity index (χ1v) is 12.4.